The molecule has 0 spiro atoms. The number of likely N-dealkylation sites (N-methyl/N-ethyl adjacent to an activating group) is 1. The van der Waals surface area contributed by atoms with Gasteiger partial charge in [-0.2, -0.15) is 0 Å². The van der Waals surface area contributed by atoms with Crippen LogP contribution in [0.3, 0.4) is 0 Å². The summed E-state index contributed by atoms with van der Waals surface area (Å²) in [4.78, 5) is 18.5. The zero-order valence-corrected chi connectivity index (χ0v) is 13.6. The number of nitrogens with one attached hydrogen (secondary N) is 1. The van der Waals surface area contributed by atoms with Gasteiger partial charge >= 0.3 is 0 Å². The number of hydrogen-bond acceptors (Lipinski definition) is 3. The number of nitrogens with zero attached hydrogens (tertiary/aromatic N) is 3. The summed E-state index contributed by atoms with van der Waals surface area (Å²) >= 11 is 0. The third-order valence-electron chi connectivity index (χ3n) is 3.40. The molecule has 0 aromatic carbocycles. The van der Waals surface area contributed by atoms with E-state index < -0.39 is 0 Å². The molecule has 114 valence electrons. The summed E-state index contributed by atoms with van der Waals surface area (Å²) in [7, 11) is 0. The topological polar surface area (TPSA) is 50.2 Å². The van der Waals surface area contributed by atoms with Gasteiger partial charge < -0.3 is 14.8 Å². The Morgan fingerprint density at radius 1 is 1.40 bits per heavy atom. The molecule has 0 saturated carbocycles. The van der Waals surface area contributed by atoms with E-state index >= 15 is 0 Å². The Bertz CT molecular complexity index is 429. The molecule has 1 heterocycles. The molecule has 1 aromatic heterocycles. The highest BCUT2D eigenvalue weighted by atomic mass is 16.2. The van der Waals surface area contributed by atoms with Crippen LogP contribution in [-0.2, 0) is 11.3 Å². The molecule has 1 N–H and O–H groups in total. The maximum atomic E-state index is 12.4. The smallest absolute Gasteiger partial charge is 0.245 e. The highest BCUT2D eigenvalue weighted by Gasteiger charge is 2.22. The van der Waals surface area contributed by atoms with Gasteiger partial charge in [-0.25, -0.2) is 4.98 Å². The quantitative estimate of drug-likeness (QED) is 0.869. The lowest BCUT2D eigenvalue weighted by Gasteiger charge is -2.26. The average molecular weight is 280 g/mol. The van der Waals surface area contributed by atoms with Crippen molar-refractivity contribution in [2.45, 2.75) is 59.7 Å². The zero-order valence-electron chi connectivity index (χ0n) is 13.6. The number of hydrogen-bond donors (Lipinski definition) is 1. The highest BCUT2D eigenvalue weighted by Crippen LogP contribution is 2.14. The van der Waals surface area contributed by atoms with E-state index in [-0.39, 0.29) is 17.5 Å². The van der Waals surface area contributed by atoms with Gasteiger partial charge in [0.2, 0.25) is 5.91 Å². The fourth-order valence-corrected chi connectivity index (χ4v) is 2.09. The first kappa shape index (κ1) is 16.7. The van der Waals surface area contributed by atoms with Crippen molar-refractivity contribution in [3.63, 3.8) is 0 Å². The van der Waals surface area contributed by atoms with Crippen molar-refractivity contribution in [1.29, 1.82) is 0 Å². The van der Waals surface area contributed by atoms with Crippen molar-refractivity contribution in [3.8, 4) is 0 Å². The van der Waals surface area contributed by atoms with Crippen LogP contribution < -0.4 is 5.32 Å². The zero-order chi connectivity index (χ0) is 15.3. The van der Waals surface area contributed by atoms with Crippen molar-refractivity contribution in [2.75, 3.05) is 13.1 Å². The van der Waals surface area contributed by atoms with Gasteiger partial charge in [-0.1, -0.05) is 0 Å². The second-order valence-corrected chi connectivity index (χ2v) is 6.08. The van der Waals surface area contributed by atoms with E-state index in [4.69, 9.17) is 0 Å². The minimum atomic E-state index is -0.214. The Morgan fingerprint density at radius 2 is 2.00 bits per heavy atom. The van der Waals surface area contributed by atoms with E-state index in [0.717, 1.165) is 18.8 Å². The van der Waals surface area contributed by atoms with E-state index in [9.17, 15) is 4.79 Å². The first-order valence-electron chi connectivity index (χ1n) is 7.34. The molecule has 1 rings (SSSR count). The highest BCUT2D eigenvalue weighted by molar-refractivity contribution is 5.80. The standard InChI is InChI=1S/C15H28N4O/c1-7-18(8-2)14(20)12(3)19-11-16-9-13(19)10-17-15(4,5)6/h9,11-12,17H,7-8,10H2,1-6H3. The average Bonchev–Trinajstić information content (AvgIpc) is 2.84. The summed E-state index contributed by atoms with van der Waals surface area (Å²) in [6.45, 7) is 14.5. The molecule has 1 aromatic rings. The molecule has 0 aliphatic carbocycles. The van der Waals surface area contributed by atoms with E-state index in [1.807, 2.05) is 36.4 Å². The monoisotopic (exact) mass is 280 g/mol. The molecular weight excluding hydrogens is 252 g/mol. The van der Waals surface area contributed by atoms with Crippen LogP contribution in [0.15, 0.2) is 12.5 Å². The molecule has 0 bridgehead atoms. The van der Waals surface area contributed by atoms with Crippen LogP contribution >= 0.6 is 0 Å². The van der Waals surface area contributed by atoms with Crippen LogP contribution in [0.5, 0.6) is 0 Å². The molecule has 0 fully saturated rings. The van der Waals surface area contributed by atoms with E-state index in [2.05, 4.69) is 31.1 Å². The van der Waals surface area contributed by atoms with Crippen molar-refractivity contribution < 1.29 is 4.79 Å². The van der Waals surface area contributed by atoms with Gasteiger partial charge in [0.25, 0.3) is 0 Å². The summed E-state index contributed by atoms with van der Waals surface area (Å²) in [5.74, 6) is 0.144. The van der Waals surface area contributed by atoms with Gasteiger partial charge in [-0.05, 0) is 41.5 Å². The summed E-state index contributed by atoms with van der Waals surface area (Å²) in [5, 5.41) is 3.43. The third-order valence-corrected chi connectivity index (χ3v) is 3.40. The molecule has 1 amide bonds. The second-order valence-electron chi connectivity index (χ2n) is 6.08. The molecule has 0 aliphatic rings. The van der Waals surface area contributed by atoms with E-state index in [1.165, 1.54) is 0 Å². The third kappa shape index (κ3) is 4.34. The lowest BCUT2D eigenvalue weighted by atomic mass is 10.1. The van der Waals surface area contributed by atoms with Crippen LogP contribution in [0.2, 0.25) is 0 Å². The molecular formula is C15H28N4O. The summed E-state index contributed by atoms with van der Waals surface area (Å²) < 4.78 is 1.96. The van der Waals surface area contributed by atoms with Crippen LogP contribution in [0.4, 0.5) is 0 Å². The number of aromatic nitrogens is 2. The van der Waals surface area contributed by atoms with Gasteiger partial charge in [-0.15, -0.1) is 0 Å². The number of carbonyl (C=O) groups excluding carboxylic acids is 1. The fraction of sp³-hybridized carbons (Fsp3) is 0.733. The largest absolute Gasteiger partial charge is 0.341 e. The lowest BCUT2D eigenvalue weighted by molar-refractivity contribution is -0.133. The van der Waals surface area contributed by atoms with Gasteiger partial charge in [-0.3, -0.25) is 4.79 Å². The first-order valence-corrected chi connectivity index (χ1v) is 7.34. The van der Waals surface area contributed by atoms with Gasteiger partial charge in [0.15, 0.2) is 0 Å². The van der Waals surface area contributed by atoms with Crippen LogP contribution in [0.25, 0.3) is 0 Å². The Hall–Kier alpha value is -1.36. The first-order chi connectivity index (χ1) is 9.30. The Labute approximate surface area is 122 Å². The predicted molar refractivity (Wildman–Crippen MR) is 81.5 cm³/mol. The Balaban J connectivity index is 2.81. The molecule has 1 unspecified atom stereocenters. The fourth-order valence-electron chi connectivity index (χ4n) is 2.09. The van der Waals surface area contributed by atoms with Crippen LogP contribution in [-0.4, -0.2) is 39.0 Å². The van der Waals surface area contributed by atoms with Gasteiger partial charge in [0.1, 0.15) is 6.04 Å². The second kappa shape index (κ2) is 6.88. The van der Waals surface area contributed by atoms with E-state index in [0.29, 0.717) is 6.54 Å². The maximum absolute atomic E-state index is 12.4. The van der Waals surface area contributed by atoms with Crippen molar-refractivity contribution in [1.82, 2.24) is 19.8 Å². The van der Waals surface area contributed by atoms with Crippen molar-refractivity contribution >= 4 is 5.91 Å². The SMILES string of the molecule is CCN(CC)C(=O)C(C)n1cncc1CNC(C)(C)C. The molecule has 1 atom stereocenters. The summed E-state index contributed by atoms with van der Waals surface area (Å²) in [6, 6.07) is -0.214. The Morgan fingerprint density at radius 3 is 2.50 bits per heavy atom. The summed E-state index contributed by atoms with van der Waals surface area (Å²) in [6.07, 6.45) is 3.57. The number of amides is 1. The summed E-state index contributed by atoms with van der Waals surface area (Å²) in [5.41, 5.74) is 1.08. The van der Waals surface area contributed by atoms with Crippen molar-refractivity contribution in [3.05, 3.63) is 18.2 Å². The number of carbonyl (C=O) groups is 1. The maximum Gasteiger partial charge on any atom is 0.245 e. The predicted octanol–water partition coefficient (Wildman–Crippen LogP) is 2.20. The number of imidazole rings is 1. The lowest BCUT2D eigenvalue weighted by Crippen LogP contribution is -2.38. The molecule has 0 radical (unpaired) electrons. The molecule has 5 heteroatoms. The molecule has 0 aliphatic heterocycles. The minimum Gasteiger partial charge on any atom is -0.341 e. The normalized spacial score (nSPS) is 13.3. The van der Waals surface area contributed by atoms with Crippen LogP contribution in [0.1, 0.15) is 53.3 Å². The van der Waals surface area contributed by atoms with Crippen molar-refractivity contribution in [2.24, 2.45) is 0 Å². The number of rotatable bonds is 6. The molecule has 20 heavy (non-hydrogen) atoms. The van der Waals surface area contributed by atoms with Crippen LogP contribution in [0, 0.1) is 0 Å². The van der Waals surface area contributed by atoms with E-state index in [1.54, 1.807) is 6.33 Å². The molecule has 5 nitrogen and oxygen atoms in total. The molecule has 0 saturated heterocycles. The van der Waals surface area contributed by atoms with Gasteiger partial charge in [0.05, 0.1) is 12.0 Å². The van der Waals surface area contributed by atoms with Gasteiger partial charge in [0, 0.05) is 31.4 Å². The Kier molecular flexibility index (Phi) is 5.74. The minimum absolute atomic E-state index is 0.0429.